The molecule has 0 radical (unpaired) electrons. The van der Waals surface area contributed by atoms with Gasteiger partial charge < -0.3 is 19.3 Å². The van der Waals surface area contributed by atoms with E-state index >= 15 is 0 Å². The largest absolute Gasteiger partial charge is 0.390 e. The molecule has 2 heterocycles. The Labute approximate surface area is 103 Å². The van der Waals surface area contributed by atoms with Gasteiger partial charge in [-0.15, -0.1) is 0 Å². The van der Waals surface area contributed by atoms with Gasteiger partial charge in [-0.25, -0.2) is 0 Å². The summed E-state index contributed by atoms with van der Waals surface area (Å²) in [5.41, 5.74) is -0.404. The molecule has 2 rings (SSSR count). The zero-order chi connectivity index (χ0) is 12.1. The molecule has 4 heteroatoms. The molecule has 0 spiro atoms. The molecular weight excluding hydrogens is 220 g/mol. The predicted octanol–water partition coefficient (Wildman–Crippen LogP) is 1.36. The zero-order valence-corrected chi connectivity index (χ0v) is 10.7. The number of hydrogen-bond acceptors (Lipinski definition) is 4. The minimum atomic E-state index is -0.424. The molecule has 0 aliphatic carbocycles. The van der Waals surface area contributed by atoms with Crippen molar-refractivity contribution < 1.29 is 19.3 Å². The summed E-state index contributed by atoms with van der Waals surface area (Å²) in [7, 11) is 0. The van der Waals surface area contributed by atoms with Crippen molar-refractivity contribution in [1.82, 2.24) is 0 Å². The van der Waals surface area contributed by atoms with Gasteiger partial charge in [-0.2, -0.15) is 0 Å². The van der Waals surface area contributed by atoms with Gasteiger partial charge in [0.1, 0.15) is 0 Å². The Bertz CT molecular complexity index is 214. The van der Waals surface area contributed by atoms with Gasteiger partial charge in [0.05, 0.1) is 18.3 Å². The van der Waals surface area contributed by atoms with Crippen molar-refractivity contribution in [3.05, 3.63) is 0 Å². The maximum absolute atomic E-state index is 10.6. The Hall–Kier alpha value is -0.160. The highest BCUT2D eigenvalue weighted by Gasteiger charge is 2.44. The maximum atomic E-state index is 10.6. The lowest BCUT2D eigenvalue weighted by molar-refractivity contribution is -0.189. The fraction of sp³-hybridized carbons (Fsp3) is 1.00. The second kappa shape index (κ2) is 6.14. The fourth-order valence-electron chi connectivity index (χ4n) is 2.97. The van der Waals surface area contributed by atoms with Gasteiger partial charge in [0, 0.05) is 45.2 Å². The Kier molecular flexibility index (Phi) is 4.79. The Morgan fingerprint density at radius 3 is 2.65 bits per heavy atom. The van der Waals surface area contributed by atoms with Crippen LogP contribution in [0.1, 0.15) is 32.6 Å². The van der Waals surface area contributed by atoms with Crippen LogP contribution in [0, 0.1) is 5.92 Å². The second-order valence-electron chi connectivity index (χ2n) is 5.03. The molecule has 2 unspecified atom stereocenters. The molecule has 2 atom stereocenters. The minimum Gasteiger partial charge on any atom is -0.390 e. The molecule has 2 fully saturated rings. The van der Waals surface area contributed by atoms with Crippen LogP contribution in [0.5, 0.6) is 0 Å². The molecule has 1 N–H and O–H groups in total. The van der Waals surface area contributed by atoms with Crippen LogP contribution in [0.4, 0.5) is 0 Å². The third-order valence-electron chi connectivity index (χ3n) is 3.95. The lowest BCUT2D eigenvalue weighted by Gasteiger charge is -2.44. The average Bonchev–Trinajstić information content (AvgIpc) is 2.40. The van der Waals surface area contributed by atoms with Crippen molar-refractivity contribution in [1.29, 1.82) is 0 Å². The van der Waals surface area contributed by atoms with Crippen LogP contribution in [-0.2, 0) is 14.2 Å². The van der Waals surface area contributed by atoms with Crippen molar-refractivity contribution in [2.24, 2.45) is 5.92 Å². The van der Waals surface area contributed by atoms with Gasteiger partial charge in [-0.05, 0) is 19.8 Å². The van der Waals surface area contributed by atoms with E-state index in [-0.39, 0.29) is 5.92 Å². The summed E-state index contributed by atoms with van der Waals surface area (Å²) in [5, 5.41) is 10.6. The summed E-state index contributed by atoms with van der Waals surface area (Å²) in [5.74, 6) is 0.216. The molecule has 0 aromatic heterocycles. The van der Waals surface area contributed by atoms with E-state index in [1.165, 1.54) is 0 Å². The van der Waals surface area contributed by atoms with Crippen LogP contribution in [0.15, 0.2) is 0 Å². The average molecular weight is 244 g/mol. The van der Waals surface area contributed by atoms with Crippen LogP contribution in [-0.4, -0.2) is 49.8 Å². The second-order valence-corrected chi connectivity index (χ2v) is 5.03. The van der Waals surface area contributed by atoms with Gasteiger partial charge >= 0.3 is 0 Å². The van der Waals surface area contributed by atoms with E-state index in [1.54, 1.807) is 0 Å². The molecule has 100 valence electrons. The van der Waals surface area contributed by atoms with E-state index in [0.717, 1.165) is 32.3 Å². The quantitative estimate of drug-likeness (QED) is 0.811. The summed E-state index contributed by atoms with van der Waals surface area (Å²) >= 11 is 0. The highest BCUT2D eigenvalue weighted by Crippen LogP contribution is 2.35. The SMILES string of the molecule is CCOC1(C(O)C2CCCOC2)CCOCC1. The normalized spacial score (nSPS) is 31.1. The Balaban J connectivity index is 2.02. The van der Waals surface area contributed by atoms with Crippen molar-refractivity contribution >= 4 is 0 Å². The molecular formula is C13H24O4. The zero-order valence-electron chi connectivity index (χ0n) is 10.7. The summed E-state index contributed by atoms with van der Waals surface area (Å²) < 4.78 is 16.8. The first-order valence-corrected chi connectivity index (χ1v) is 6.76. The van der Waals surface area contributed by atoms with Crippen molar-refractivity contribution in [2.45, 2.75) is 44.3 Å². The lowest BCUT2D eigenvalue weighted by Crippen LogP contribution is -2.53. The van der Waals surface area contributed by atoms with Crippen molar-refractivity contribution in [2.75, 3.05) is 33.0 Å². The summed E-state index contributed by atoms with van der Waals surface area (Å²) in [6.07, 6.45) is 3.24. The number of rotatable bonds is 4. The maximum Gasteiger partial charge on any atom is 0.0987 e. The van der Waals surface area contributed by atoms with Crippen LogP contribution in [0.3, 0.4) is 0 Å². The lowest BCUT2D eigenvalue weighted by atomic mass is 9.79. The van der Waals surface area contributed by atoms with E-state index in [2.05, 4.69) is 0 Å². The molecule has 2 saturated heterocycles. The van der Waals surface area contributed by atoms with Crippen LogP contribution >= 0.6 is 0 Å². The van der Waals surface area contributed by atoms with Gasteiger partial charge in [-0.1, -0.05) is 0 Å². The summed E-state index contributed by atoms with van der Waals surface area (Å²) in [6.45, 7) is 5.49. The fourth-order valence-corrected chi connectivity index (χ4v) is 2.97. The number of aliphatic hydroxyl groups is 1. The Morgan fingerprint density at radius 1 is 1.29 bits per heavy atom. The first-order valence-electron chi connectivity index (χ1n) is 6.76. The third-order valence-corrected chi connectivity index (χ3v) is 3.95. The van der Waals surface area contributed by atoms with Gasteiger partial charge in [0.25, 0.3) is 0 Å². The molecule has 2 aliphatic heterocycles. The number of hydrogen-bond donors (Lipinski definition) is 1. The van der Waals surface area contributed by atoms with Gasteiger partial charge in [0.15, 0.2) is 0 Å². The van der Waals surface area contributed by atoms with Crippen molar-refractivity contribution in [3.63, 3.8) is 0 Å². The predicted molar refractivity (Wildman–Crippen MR) is 64.0 cm³/mol. The highest BCUT2D eigenvalue weighted by atomic mass is 16.5. The molecule has 0 saturated carbocycles. The van der Waals surface area contributed by atoms with E-state index in [4.69, 9.17) is 14.2 Å². The molecule has 4 nitrogen and oxygen atoms in total. The first kappa shape index (κ1) is 13.3. The highest BCUT2D eigenvalue weighted by molar-refractivity contribution is 4.94. The van der Waals surface area contributed by atoms with E-state index in [1.807, 2.05) is 6.92 Å². The molecule has 17 heavy (non-hydrogen) atoms. The molecule has 0 bridgehead atoms. The molecule has 0 aromatic rings. The number of aliphatic hydroxyl groups excluding tert-OH is 1. The van der Waals surface area contributed by atoms with E-state index in [9.17, 15) is 5.11 Å². The molecule has 0 aromatic carbocycles. The van der Waals surface area contributed by atoms with Gasteiger partial charge in [-0.3, -0.25) is 0 Å². The van der Waals surface area contributed by atoms with Gasteiger partial charge in [0.2, 0.25) is 0 Å². The van der Waals surface area contributed by atoms with Crippen LogP contribution < -0.4 is 0 Å². The van der Waals surface area contributed by atoms with E-state index < -0.39 is 11.7 Å². The third kappa shape index (κ3) is 2.99. The van der Waals surface area contributed by atoms with Crippen molar-refractivity contribution in [3.8, 4) is 0 Å². The smallest absolute Gasteiger partial charge is 0.0987 e. The number of ether oxygens (including phenoxy) is 3. The molecule has 2 aliphatic rings. The van der Waals surface area contributed by atoms with Crippen LogP contribution in [0.2, 0.25) is 0 Å². The summed E-state index contributed by atoms with van der Waals surface area (Å²) in [4.78, 5) is 0. The van der Waals surface area contributed by atoms with E-state index in [0.29, 0.717) is 26.4 Å². The molecule has 0 amide bonds. The topological polar surface area (TPSA) is 47.9 Å². The monoisotopic (exact) mass is 244 g/mol. The standard InChI is InChI=1S/C13H24O4/c1-2-17-13(5-8-15-9-6-13)12(14)11-4-3-7-16-10-11/h11-12,14H,2-10H2,1H3. The first-order chi connectivity index (χ1) is 8.28. The summed E-state index contributed by atoms with van der Waals surface area (Å²) in [6, 6.07) is 0. The Morgan fingerprint density at radius 2 is 2.06 bits per heavy atom. The van der Waals surface area contributed by atoms with Crippen LogP contribution in [0.25, 0.3) is 0 Å². The minimum absolute atomic E-state index is 0.216.